The fourth-order valence-corrected chi connectivity index (χ4v) is 4.79. The molecule has 0 spiro atoms. The molecule has 0 radical (unpaired) electrons. The molecule has 0 saturated carbocycles. The van der Waals surface area contributed by atoms with Gasteiger partial charge in [0.05, 0.1) is 0 Å². The molecule has 1 aromatic rings. The SMILES string of the molecule is Cc1ccc(CN2C[C@@H]3C[C@@H](C2)[C@@H]2CCCC(=O)N2C3)cc1. The second-order valence-corrected chi connectivity index (χ2v) is 7.55. The van der Waals surface area contributed by atoms with E-state index in [9.17, 15) is 4.79 Å². The molecule has 3 aliphatic heterocycles. The molecule has 22 heavy (non-hydrogen) atoms. The average Bonchev–Trinajstić information content (AvgIpc) is 2.51. The minimum absolute atomic E-state index is 0.415. The van der Waals surface area contributed by atoms with Crippen LogP contribution in [0.25, 0.3) is 0 Å². The predicted molar refractivity (Wildman–Crippen MR) is 87.4 cm³/mol. The number of carbonyl (C=O) groups is 1. The largest absolute Gasteiger partial charge is 0.339 e. The first-order chi connectivity index (χ1) is 10.7. The number of benzene rings is 1. The molecule has 2 bridgehead atoms. The average molecular weight is 298 g/mol. The lowest BCUT2D eigenvalue weighted by Gasteiger charge is -2.52. The van der Waals surface area contributed by atoms with E-state index in [0.29, 0.717) is 23.8 Å². The Kier molecular flexibility index (Phi) is 3.69. The van der Waals surface area contributed by atoms with E-state index in [1.165, 1.54) is 30.5 Å². The van der Waals surface area contributed by atoms with Gasteiger partial charge in [0, 0.05) is 38.6 Å². The first-order valence-corrected chi connectivity index (χ1v) is 8.76. The van der Waals surface area contributed by atoms with Crippen molar-refractivity contribution in [2.75, 3.05) is 19.6 Å². The van der Waals surface area contributed by atoms with E-state index in [1.807, 2.05) is 0 Å². The Bertz CT molecular complexity index is 553. The monoisotopic (exact) mass is 298 g/mol. The number of hydrogen-bond acceptors (Lipinski definition) is 2. The molecule has 4 rings (SSSR count). The Labute approximate surface area is 133 Å². The van der Waals surface area contributed by atoms with Crippen LogP contribution in [0.4, 0.5) is 0 Å². The number of likely N-dealkylation sites (tertiary alicyclic amines) is 1. The van der Waals surface area contributed by atoms with Crippen molar-refractivity contribution >= 4 is 5.91 Å². The Balaban J connectivity index is 1.46. The maximum absolute atomic E-state index is 12.2. The molecule has 1 amide bonds. The molecule has 0 unspecified atom stereocenters. The Morgan fingerprint density at radius 1 is 1.14 bits per heavy atom. The summed E-state index contributed by atoms with van der Waals surface area (Å²) in [7, 11) is 0. The minimum Gasteiger partial charge on any atom is -0.339 e. The molecular weight excluding hydrogens is 272 g/mol. The standard InChI is InChI=1S/C19H26N2O/c1-14-5-7-15(8-6-14)10-20-11-16-9-17(13-20)18-3-2-4-19(22)21(18)12-16/h5-8,16-18H,2-4,9-13H2,1H3/t16-,17-,18-/m0/s1. The molecule has 1 aromatic carbocycles. The van der Waals surface area contributed by atoms with E-state index in [0.717, 1.165) is 32.5 Å². The summed E-state index contributed by atoms with van der Waals surface area (Å²) in [6, 6.07) is 9.47. The second-order valence-electron chi connectivity index (χ2n) is 7.55. The lowest BCUT2D eigenvalue weighted by molar-refractivity contribution is -0.145. The predicted octanol–water partition coefficient (Wildman–Crippen LogP) is 2.83. The van der Waals surface area contributed by atoms with E-state index in [4.69, 9.17) is 0 Å². The van der Waals surface area contributed by atoms with E-state index in [1.54, 1.807) is 0 Å². The van der Waals surface area contributed by atoms with Gasteiger partial charge >= 0.3 is 0 Å². The summed E-state index contributed by atoms with van der Waals surface area (Å²) < 4.78 is 0. The Hall–Kier alpha value is -1.35. The van der Waals surface area contributed by atoms with Crippen LogP contribution >= 0.6 is 0 Å². The number of fused-ring (bicyclic) bond motifs is 4. The first-order valence-electron chi connectivity index (χ1n) is 8.76. The van der Waals surface area contributed by atoms with Crippen molar-refractivity contribution in [3.8, 4) is 0 Å². The highest BCUT2D eigenvalue weighted by molar-refractivity contribution is 5.77. The van der Waals surface area contributed by atoms with Crippen LogP contribution in [-0.2, 0) is 11.3 Å². The zero-order chi connectivity index (χ0) is 15.1. The number of aryl methyl sites for hydroxylation is 1. The normalized spacial score (nSPS) is 32.0. The molecule has 3 saturated heterocycles. The molecule has 3 atom stereocenters. The third-order valence-corrected chi connectivity index (χ3v) is 5.78. The van der Waals surface area contributed by atoms with E-state index < -0.39 is 0 Å². The van der Waals surface area contributed by atoms with Gasteiger partial charge in [0.15, 0.2) is 0 Å². The molecule has 3 fully saturated rings. The number of piperidine rings is 3. The lowest BCUT2D eigenvalue weighted by atomic mass is 9.76. The van der Waals surface area contributed by atoms with Crippen molar-refractivity contribution in [1.82, 2.24) is 9.80 Å². The number of nitrogens with zero attached hydrogens (tertiary/aromatic N) is 2. The summed E-state index contributed by atoms with van der Waals surface area (Å²) >= 11 is 0. The van der Waals surface area contributed by atoms with Gasteiger partial charge in [-0.25, -0.2) is 0 Å². The highest BCUT2D eigenvalue weighted by atomic mass is 16.2. The molecule has 3 heterocycles. The smallest absolute Gasteiger partial charge is 0.222 e. The highest BCUT2D eigenvalue weighted by Gasteiger charge is 2.43. The van der Waals surface area contributed by atoms with Gasteiger partial charge in [0.1, 0.15) is 0 Å². The Morgan fingerprint density at radius 2 is 1.95 bits per heavy atom. The zero-order valence-electron chi connectivity index (χ0n) is 13.5. The van der Waals surface area contributed by atoms with Crippen LogP contribution in [0.2, 0.25) is 0 Å². The maximum Gasteiger partial charge on any atom is 0.222 e. The van der Waals surface area contributed by atoms with Gasteiger partial charge in [-0.3, -0.25) is 9.69 Å². The van der Waals surface area contributed by atoms with Crippen molar-refractivity contribution < 1.29 is 4.79 Å². The van der Waals surface area contributed by atoms with Crippen LogP contribution in [0, 0.1) is 18.8 Å². The van der Waals surface area contributed by atoms with Gasteiger partial charge in [-0.1, -0.05) is 29.8 Å². The van der Waals surface area contributed by atoms with E-state index >= 15 is 0 Å². The van der Waals surface area contributed by atoms with Gasteiger partial charge in [-0.05, 0) is 43.6 Å². The quantitative estimate of drug-likeness (QED) is 0.838. The summed E-state index contributed by atoms with van der Waals surface area (Å²) in [6.45, 7) is 6.53. The number of amides is 1. The number of rotatable bonds is 2. The molecule has 118 valence electrons. The van der Waals surface area contributed by atoms with Gasteiger partial charge in [-0.15, -0.1) is 0 Å². The summed E-state index contributed by atoms with van der Waals surface area (Å²) in [5, 5.41) is 0. The van der Waals surface area contributed by atoms with Gasteiger partial charge < -0.3 is 4.90 Å². The van der Waals surface area contributed by atoms with E-state index in [2.05, 4.69) is 41.0 Å². The van der Waals surface area contributed by atoms with Gasteiger partial charge in [-0.2, -0.15) is 0 Å². The van der Waals surface area contributed by atoms with Gasteiger partial charge in [0.25, 0.3) is 0 Å². The van der Waals surface area contributed by atoms with Crippen molar-refractivity contribution in [1.29, 1.82) is 0 Å². The van der Waals surface area contributed by atoms with Crippen LogP contribution in [0.1, 0.15) is 36.8 Å². The summed E-state index contributed by atoms with van der Waals surface area (Å²) in [5.74, 6) is 1.79. The van der Waals surface area contributed by atoms with Crippen molar-refractivity contribution in [3.63, 3.8) is 0 Å². The summed E-state index contributed by atoms with van der Waals surface area (Å²) in [5.41, 5.74) is 2.75. The van der Waals surface area contributed by atoms with Crippen molar-refractivity contribution in [2.24, 2.45) is 11.8 Å². The Morgan fingerprint density at radius 3 is 2.77 bits per heavy atom. The lowest BCUT2D eigenvalue weighted by Crippen LogP contribution is -2.60. The van der Waals surface area contributed by atoms with Crippen LogP contribution in [0.5, 0.6) is 0 Å². The third kappa shape index (κ3) is 2.67. The first kappa shape index (κ1) is 14.3. The van der Waals surface area contributed by atoms with Crippen LogP contribution in [0.3, 0.4) is 0 Å². The number of hydrogen-bond donors (Lipinski definition) is 0. The van der Waals surface area contributed by atoms with Crippen LogP contribution < -0.4 is 0 Å². The fourth-order valence-electron chi connectivity index (χ4n) is 4.79. The maximum atomic E-state index is 12.2. The third-order valence-electron chi connectivity index (χ3n) is 5.78. The highest BCUT2D eigenvalue weighted by Crippen LogP contribution is 2.38. The van der Waals surface area contributed by atoms with Crippen LogP contribution in [0.15, 0.2) is 24.3 Å². The fraction of sp³-hybridized carbons (Fsp3) is 0.632. The molecule has 3 nitrogen and oxygen atoms in total. The second kappa shape index (κ2) is 5.69. The van der Waals surface area contributed by atoms with Crippen molar-refractivity contribution in [2.45, 2.75) is 45.2 Å². The summed E-state index contributed by atoms with van der Waals surface area (Å²) in [4.78, 5) is 17.0. The molecule has 3 heteroatoms. The topological polar surface area (TPSA) is 23.6 Å². The molecule has 0 N–H and O–H groups in total. The van der Waals surface area contributed by atoms with Gasteiger partial charge in [0.2, 0.25) is 5.91 Å². The minimum atomic E-state index is 0.415. The van der Waals surface area contributed by atoms with E-state index in [-0.39, 0.29) is 0 Å². The van der Waals surface area contributed by atoms with Crippen molar-refractivity contribution in [3.05, 3.63) is 35.4 Å². The number of carbonyl (C=O) groups excluding carboxylic acids is 1. The molecular formula is C19H26N2O. The zero-order valence-corrected chi connectivity index (χ0v) is 13.5. The summed E-state index contributed by atoms with van der Waals surface area (Å²) in [6.07, 6.45) is 4.43. The van der Waals surface area contributed by atoms with Crippen LogP contribution in [-0.4, -0.2) is 41.4 Å². The molecule has 0 aromatic heterocycles. The molecule has 3 aliphatic rings. The molecule has 0 aliphatic carbocycles.